The zero-order valence-corrected chi connectivity index (χ0v) is 18.9. The Labute approximate surface area is 179 Å². The molecular formula is C20H32IN3O3. The SMILES string of the molecule is CN=C(NCCCC(=O)OC1CCCC1)N(C)Cc1ccccc1OC.I. The lowest BCUT2D eigenvalue weighted by Crippen LogP contribution is -2.39. The van der Waals surface area contributed by atoms with Crippen LogP contribution in [-0.4, -0.2) is 50.7 Å². The molecule has 0 radical (unpaired) electrons. The van der Waals surface area contributed by atoms with E-state index in [1.165, 1.54) is 12.8 Å². The zero-order valence-electron chi connectivity index (χ0n) is 16.6. The molecule has 0 aromatic heterocycles. The van der Waals surface area contributed by atoms with E-state index in [-0.39, 0.29) is 36.0 Å². The lowest BCUT2D eigenvalue weighted by atomic mass is 10.2. The Hall–Kier alpha value is -1.51. The van der Waals surface area contributed by atoms with Gasteiger partial charge < -0.3 is 19.7 Å². The van der Waals surface area contributed by atoms with Crippen molar-refractivity contribution >= 4 is 35.9 Å². The number of hydrogen-bond acceptors (Lipinski definition) is 4. The van der Waals surface area contributed by atoms with Crippen molar-refractivity contribution in [3.8, 4) is 5.75 Å². The van der Waals surface area contributed by atoms with Crippen molar-refractivity contribution < 1.29 is 14.3 Å². The van der Waals surface area contributed by atoms with Crippen LogP contribution in [0.5, 0.6) is 5.75 Å². The standard InChI is InChI=1S/C20H31N3O3.HI/c1-21-20(23(2)15-16-9-4-7-12-18(16)25-3)22-14-8-13-19(24)26-17-10-5-6-11-17;/h4,7,9,12,17H,5-6,8,10-11,13-15H2,1-3H3,(H,21,22);1H. The lowest BCUT2D eigenvalue weighted by Gasteiger charge is -2.23. The van der Waals surface area contributed by atoms with Gasteiger partial charge in [-0.2, -0.15) is 0 Å². The fourth-order valence-electron chi connectivity index (χ4n) is 3.23. The van der Waals surface area contributed by atoms with Crippen molar-refractivity contribution in [2.45, 2.75) is 51.2 Å². The van der Waals surface area contributed by atoms with E-state index in [0.29, 0.717) is 19.5 Å². The van der Waals surface area contributed by atoms with Crippen LogP contribution >= 0.6 is 24.0 Å². The predicted octanol–water partition coefficient (Wildman–Crippen LogP) is 3.59. The third-order valence-corrected chi connectivity index (χ3v) is 4.61. The molecule has 27 heavy (non-hydrogen) atoms. The minimum atomic E-state index is -0.0870. The number of carbonyl (C=O) groups is 1. The summed E-state index contributed by atoms with van der Waals surface area (Å²) in [7, 11) is 5.42. The molecule has 0 unspecified atom stereocenters. The maximum absolute atomic E-state index is 11.9. The third kappa shape index (κ3) is 7.94. The van der Waals surface area contributed by atoms with Gasteiger partial charge in [0.1, 0.15) is 11.9 Å². The van der Waals surface area contributed by atoms with Crippen LogP contribution in [0.1, 0.15) is 44.1 Å². The largest absolute Gasteiger partial charge is 0.496 e. The molecular weight excluding hydrogens is 457 g/mol. The van der Waals surface area contributed by atoms with Gasteiger partial charge in [-0.25, -0.2) is 0 Å². The van der Waals surface area contributed by atoms with Crippen molar-refractivity contribution in [1.29, 1.82) is 0 Å². The van der Waals surface area contributed by atoms with Crippen LogP contribution in [0.4, 0.5) is 0 Å². The van der Waals surface area contributed by atoms with Gasteiger partial charge in [0.2, 0.25) is 0 Å². The molecule has 1 N–H and O–H groups in total. The highest BCUT2D eigenvalue weighted by atomic mass is 127. The van der Waals surface area contributed by atoms with Crippen molar-refractivity contribution in [1.82, 2.24) is 10.2 Å². The number of nitrogens with zero attached hydrogens (tertiary/aromatic N) is 2. The molecule has 1 aliphatic rings. The zero-order chi connectivity index (χ0) is 18.8. The molecule has 6 nitrogen and oxygen atoms in total. The fraction of sp³-hybridized carbons (Fsp3) is 0.600. The molecule has 0 spiro atoms. The number of nitrogens with one attached hydrogen (secondary N) is 1. The summed E-state index contributed by atoms with van der Waals surface area (Å²) in [6, 6.07) is 7.95. The first-order chi connectivity index (χ1) is 12.6. The van der Waals surface area contributed by atoms with E-state index in [2.05, 4.69) is 10.3 Å². The van der Waals surface area contributed by atoms with Gasteiger partial charge in [0, 0.05) is 39.2 Å². The number of hydrogen-bond donors (Lipinski definition) is 1. The number of carbonyl (C=O) groups excluding carboxylic acids is 1. The molecule has 0 aliphatic heterocycles. The van der Waals surface area contributed by atoms with E-state index >= 15 is 0 Å². The van der Waals surface area contributed by atoms with E-state index in [1.807, 2.05) is 36.2 Å². The van der Waals surface area contributed by atoms with E-state index in [4.69, 9.17) is 9.47 Å². The molecule has 1 fully saturated rings. The molecule has 1 aromatic rings. The minimum absolute atomic E-state index is 0. The lowest BCUT2D eigenvalue weighted by molar-refractivity contribution is -0.148. The molecule has 1 saturated carbocycles. The maximum Gasteiger partial charge on any atom is 0.306 e. The Morgan fingerprint density at radius 3 is 2.67 bits per heavy atom. The summed E-state index contributed by atoms with van der Waals surface area (Å²) >= 11 is 0. The summed E-state index contributed by atoms with van der Waals surface area (Å²) < 4.78 is 10.9. The van der Waals surface area contributed by atoms with E-state index in [0.717, 1.165) is 36.5 Å². The number of esters is 1. The Bertz CT molecular complexity index is 604. The number of rotatable bonds is 8. The number of halogens is 1. The Balaban J connectivity index is 0.00000364. The molecule has 1 aromatic carbocycles. The van der Waals surface area contributed by atoms with Gasteiger partial charge in [0.15, 0.2) is 5.96 Å². The van der Waals surface area contributed by atoms with Crippen molar-refractivity contribution in [2.24, 2.45) is 4.99 Å². The van der Waals surface area contributed by atoms with Gasteiger partial charge in [-0.1, -0.05) is 18.2 Å². The average molecular weight is 489 g/mol. The van der Waals surface area contributed by atoms with Crippen LogP contribution in [0, 0.1) is 0 Å². The highest BCUT2D eigenvalue weighted by Crippen LogP contribution is 2.21. The smallest absolute Gasteiger partial charge is 0.306 e. The molecule has 7 heteroatoms. The summed E-state index contributed by atoms with van der Waals surface area (Å²) in [6.07, 6.45) is 5.71. The second kappa shape index (κ2) is 12.8. The number of ether oxygens (including phenoxy) is 2. The van der Waals surface area contributed by atoms with Crippen LogP contribution in [0.25, 0.3) is 0 Å². The molecule has 1 aliphatic carbocycles. The van der Waals surface area contributed by atoms with E-state index in [9.17, 15) is 4.79 Å². The Morgan fingerprint density at radius 2 is 2.00 bits per heavy atom. The highest BCUT2D eigenvalue weighted by Gasteiger charge is 2.18. The van der Waals surface area contributed by atoms with Gasteiger partial charge in [0.25, 0.3) is 0 Å². The van der Waals surface area contributed by atoms with Gasteiger partial charge in [0.05, 0.1) is 7.11 Å². The first-order valence-electron chi connectivity index (χ1n) is 9.37. The van der Waals surface area contributed by atoms with Crippen LogP contribution in [0.15, 0.2) is 29.3 Å². The van der Waals surface area contributed by atoms with Gasteiger partial charge in [-0.3, -0.25) is 9.79 Å². The number of guanidine groups is 1. The number of methoxy groups -OCH3 is 1. The Kier molecular flexibility index (Phi) is 11.2. The van der Waals surface area contributed by atoms with Crippen LogP contribution in [0.3, 0.4) is 0 Å². The number of benzene rings is 1. The topological polar surface area (TPSA) is 63.2 Å². The Morgan fingerprint density at radius 1 is 1.30 bits per heavy atom. The molecule has 2 rings (SSSR count). The first-order valence-corrected chi connectivity index (χ1v) is 9.37. The van der Waals surface area contributed by atoms with Gasteiger partial charge in [-0.15, -0.1) is 24.0 Å². The van der Waals surface area contributed by atoms with E-state index in [1.54, 1.807) is 14.2 Å². The first kappa shape index (κ1) is 23.5. The highest BCUT2D eigenvalue weighted by molar-refractivity contribution is 14.0. The predicted molar refractivity (Wildman–Crippen MR) is 119 cm³/mol. The second-order valence-electron chi connectivity index (χ2n) is 6.64. The number of aliphatic imine (C=N–C) groups is 1. The summed E-state index contributed by atoms with van der Waals surface area (Å²) in [5.41, 5.74) is 1.10. The second-order valence-corrected chi connectivity index (χ2v) is 6.64. The van der Waals surface area contributed by atoms with E-state index < -0.39 is 0 Å². The van der Waals surface area contributed by atoms with Crippen LogP contribution in [0.2, 0.25) is 0 Å². The van der Waals surface area contributed by atoms with Crippen LogP contribution in [-0.2, 0) is 16.1 Å². The minimum Gasteiger partial charge on any atom is -0.496 e. The number of para-hydroxylation sites is 1. The summed E-state index contributed by atoms with van der Waals surface area (Å²) in [6.45, 7) is 1.37. The molecule has 0 bridgehead atoms. The third-order valence-electron chi connectivity index (χ3n) is 4.61. The molecule has 152 valence electrons. The van der Waals surface area contributed by atoms with Crippen molar-refractivity contribution in [3.05, 3.63) is 29.8 Å². The van der Waals surface area contributed by atoms with Gasteiger partial charge in [-0.05, 0) is 38.2 Å². The monoisotopic (exact) mass is 489 g/mol. The van der Waals surface area contributed by atoms with Gasteiger partial charge >= 0.3 is 5.97 Å². The molecule has 0 saturated heterocycles. The fourth-order valence-corrected chi connectivity index (χ4v) is 3.23. The van der Waals surface area contributed by atoms with Crippen molar-refractivity contribution in [2.75, 3.05) is 27.7 Å². The average Bonchev–Trinajstić information content (AvgIpc) is 3.15. The van der Waals surface area contributed by atoms with Crippen LogP contribution < -0.4 is 10.1 Å². The van der Waals surface area contributed by atoms with Crippen molar-refractivity contribution in [3.63, 3.8) is 0 Å². The normalized spacial score (nSPS) is 14.4. The molecule has 0 amide bonds. The molecule has 0 atom stereocenters. The summed E-state index contributed by atoms with van der Waals surface area (Å²) in [4.78, 5) is 18.2. The molecule has 0 heterocycles. The maximum atomic E-state index is 11.9. The summed E-state index contributed by atoms with van der Waals surface area (Å²) in [5.74, 6) is 1.57. The quantitative estimate of drug-likeness (QED) is 0.199. The summed E-state index contributed by atoms with van der Waals surface area (Å²) in [5, 5.41) is 3.30.